The van der Waals surface area contributed by atoms with Crippen LogP contribution >= 0.6 is 0 Å². The van der Waals surface area contributed by atoms with Crippen molar-refractivity contribution in [3.8, 4) is 0 Å². The molecule has 0 aromatic carbocycles. The minimum atomic E-state index is -0.198. The summed E-state index contributed by atoms with van der Waals surface area (Å²) in [5.41, 5.74) is 3.38. The molecule has 1 aromatic heterocycles. The summed E-state index contributed by atoms with van der Waals surface area (Å²) < 4.78 is 13.6. The SMILES string of the molecule is Cc1nn(C)c(C)c1C1NCCOC12CCOC2. The third-order valence-electron chi connectivity index (χ3n) is 4.24. The molecule has 2 aliphatic rings. The summed E-state index contributed by atoms with van der Waals surface area (Å²) in [4.78, 5) is 0. The lowest BCUT2D eigenvalue weighted by Crippen LogP contribution is -2.53. The van der Waals surface area contributed by atoms with Gasteiger partial charge in [0, 0.05) is 37.9 Å². The molecule has 5 heteroatoms. The molecule has 0 saturated carbocycles. The monoisotopic (exact) mass is 251 g/mol. The summed E-state index contributed by atoms with van der Waals surface area (Å²) in [7, 11) is 1.99. The lowest BCUT2D eigenvalue weighted by Gasteiger charge is -2.41. The van der Waals surface area contributed by atoms with Crippen LogP contribution in [0.15, 0.2) is 0 Å². The highest BCUT2D eigenvalue weighted by atomic mass is 16.6. The van der Waals surface area contributed by atoms with E-state index in [1.54, 1.807) is 0 Å². The largest absolute Gasteiger partial charge is 0.378 e. The van der Waals surface area contributed by atoms with Gasteiger partial charge >= 0.3 is 0 Å². The van der Waals surface area contributed by atoms with Gasteiger partial charge in [0.1, 0.15) is 5.60 Å². The number of morpholine rings is 1. The lowest BCUT2D eigenvalue weighted by atomic mass is 9.85. The smallest absolute Gasteiger partial charge is 0.113 e. The Morgan fingerprint density at radius 3 is 2.83 bits per heavy atom. The lowest BCUT2D eigenvalue weighted by molar-refractivity contribution is -0.0991. The molecule has 0 aliphatic carbocycles. The highest BCUT2D eigenvalue weighted by Gasteiger charge is 2.47. The minimum Gasteiger partial charge on any atom is -0.378 e. The summed E-state index contributed by atoms with van der Waals surface area (Å²) in [6.07, 6.45) is 0.957. The molecule has 18 heavy (non-hydrogen) atoms. The third kappa shape index (κ3) is 1.69. The second-order valence-electron chi connectivity index (χ2n) is 5.31. The fourth-order valence-corrected chi connectivity index (χ4v) is 3.20. The van der Waals surface area contributed by atoms with Crippen molar-refractivity contribution >= 4 is 0 Å². The molecular formula is C13H21N3O2. The summed E-state index contributed by atoms with van der Waals surface area (Å²) in [6.45, 7) is 7.31. The van der Waals surface area contributed by atoms with Crippen LogP contribution in [0.4, 0.5) is 0 Å². The van der Waals surface area contributed by atoms with Gasteiger partial charge < -0.3 is 14.8 Å². The van der Waals surface area contributed by atoms with Crippen LogP contribution in [0.2, 0.25) is 0 Å². The average molecular weight is 251 g/mol. The topological polar surface area (TPSA) is 48.3 Å². The van der Waals surface area contributed by atoms with Crippen LogP contribution < -0.4 is 5.32 Å². The fourth-order valence-electron chi connectivity index (χ4n) is 3.20. The van der Waals surface area contributed by atoms with Gasteiger partial charge in [-0.25, -0.2) is 0 Å². The number of aryl methyl sites for hydroxylation is 2. The fraction of sp³-hybridized carbons (Fsp3) is 0.769. The van der Waals surface area contributed by atoms with Gasteiger partial charge in [-0.2, -0.15) is 5.10 Å². The van der Waals surface area contributed by atoms with E-state index in [4.69, 9.17) is 9.47 Å². The number of rotatable bonds is 1. The van der Waals surface area contributed by atoms with Gasteiger partial charge in [-0.1, -0.05) is 0 Å². The quantitative estimate of drug-likeness (QED) is 0.804. The minimum absolute atomic E-state index is 0.197. The third-order valence-corrected chi connectivity index (χ3v) is 4.24. The summed E-state index contributed by atoms with van der Waals surface area (Å²) >= 11 is 0. The van der Waals surface area contributed by atoms with Crippen LogP contribution in [0.25, 0.3) is 0 Å². The maximum absolute atomic E-state index is 6.09. The summed E-state index contributed by atoms with van der Waals surface area (Å²) in [6, 6.07) is 0.197. The first-order valence-electron chi connectivity index (χ1n) is 6.59. The first kappa shape index (κ1) is 12.1. The Labute approximate surface area is 107 Å². The molecule has 0 bridgehead atoms. The number of hydrogen-bond acceptors (Lipinski definition) is 4. The molecule has 1 N–H and O–H groups in total. The maximum Gasteiger partial charge on any atom is 0.113 e. The van der Waals surface area contributed by atoms with Crippen LogP contribution in [0, 0.1) is 13.8 Å². The first-order chi connectivity index (χ1) is 8.64. The molecule has 2 saturated heterocycles. The van der Waals surface area contributed by atoms with Crippen molar-refractivity contribution in [2.75, 3.05) is 26.4 Å². The molecule has 3 heterocycles. The van der Waals surface area contributed by atoms with Crippen molar-refractivity contribution < 1.29 is 9.47 Å². The Morgan fingerprint density at radius 1 is 1.39 bits per heavy atom. The Kier molecular flexibility index (Phi) is 2.92. The Hall–Kier alpha value is -0.910. The molecular weight excluding hydrogens is 230 g/mol. The number of aromatic nitrogens is 2. The van der Waals surface area contributed by atoms with E-state index in [9.17, 15) is 0 Å². The van der Waals surface area contributed by atoms with Crippen molar-refractivity contribution in [2.24, 2.45) is 7.05 Å². The predicted molar refractivity (Wildman–Crippen MR) is 67.5 cm³/mol. The second-order valence-corrected chi connectivity index (χ2v) is 5.31. The van der Waals surface area contributed by atoms with Crippen molar-refractivity contribution in [1.82, 2.24) is 15.1 Å². The van der Waals surface area contributed by atoms with Crippen molar-refractivity contribution in [3.05, 3.63) is 17.0 Å². The van der Waals surface area contributed by atoms with E-state index in [0.717, 1.165) is 31.9 Å². The Bertz CT molecular complexity index is 449. The number of hydrogen-bond donors (Lipinski definition) is 1. The van der Waals surface area contributed by atoms with Crippen LogP contribution in [-0.2, 0) is 16.5 Å². The molecule has 0 radical (unpaired) electrons. The van der Waals surface area contributed by atoms with Crippen LogP contribution in [-0.4, -0.2) is 41.7 Å². The van der Waals surface area contributed by atoms with E-state index in [1.165, 1.54) is 11.3 Å². The molecule has 0 amide bonds. The van der Waals surface area contributed by atoms with E-state index >= 15 is 0 Å². The molecule has 3 rings (SSSR count). The van der Waals surface area contributed by atoms with E-state index in [2.05, 4.69) is 24.3 Å². The maximum atomic E-state index is 6.09. The van der Waals surface area contributed by atoms with Gasteiger partial charge in [0.25, 0.3) is 0 Å². The zero-order chi connectivity index (χ0) is 12.8. The van der Waals surface area contributed by atoms with Crippen molar-refractivity contribution in [1.29, 1.82) is 0 Å². The molecule has 1 spiro atoms. The predicted octanol–water partition coefficient (Wildman–Crippen LogP) is 0.857. The van der Waals surface area contributed by atoms with Gasteiger partial charge in [-0.15, -0.1) is 0 Å². The zero-order valence-corrected chi connectivity index (χ0v) is 11.3. The normalized spacial score (nSPS) is 32.3. The molecule has 1 aromatic rings. The highest BCUT2D eigenvalue weighted by molar-refractivity contribution is 5.32. The number of ether oxygens (including phenoxy) is 2. The molecule has 100 valence electrons. The van der Waals surface area contributed by atoms with E-state index in [-0.39, 0.29) is 11.6 Å². The average Bonchev–Trinajstić information content (AvgIpc) is 2.89. The van der Waals surface area contributed by atoms with Crippen LogP contribution in [0.5, 0.6) is 0 Å². The zero-order valence-electron chi connectivity index (χ0n) is 11.3. The molecule has 2 unspecified atom stereocenters. The van der Waals surface area contributed by atoms with Gasteiger partial charge in [-0.05, 0) is 13.8 Å². The first-order valence-corrected chi connectivity index (χ1v) is 6.59. The van der Waals surface area contributed by atoms with Crippen molar-refractivity contribution in [3.63, 3.8) is 0 Å². The molecule has 2 atom stereocenters. The van der Waals surface area contributed by atoms with Gasteiger partial charge in [0.15, 0.2) is 0 Å². The van der Waals surface area contributed by atoms with E-state index < -0.39 is 0 Å². The second kappa shape index (κ2) is 4.33. The summed E-state index contributed by atoms with van der Waals surface area (Å²) in [5.74, 6) is 0. The number of nitrogens with zero attached hydrogens (tertiary/aromatic N) is 2. The standard InChI is InChI=1S/C13H21N3O2/c1-9-11(10(2)16(3)15-9)12-13(4-6-17-8-13)18-7-5-14-12/h12,14H,4-8H2,1-3H3. The van der Waals surface area contributed by atoms with Gasteiger partial charge in [0.2, 0.25) is 0 Å². The van der Waals surface area contributed by atoms with E-state index in [1.807, 2.05) is 11.7 Å². The van der Waals surface area contributed by atoms with E-state index in [0.29, 0.717) is 6.61 Å². The van der Waals surface area contributed by atoms with Gasteiger partial charge in [-0.3, -0.25) is 4.68 Å². The molecule has 2 aliphatic heterocycles. The summed E-state index contributed by atoms with van der Waals surface area (Å²) in [5, 5.41) is 8.13. The Morgan fingerprint density at radius 2 is 2.22 bits per heavy atom. The highest BCUT2D eigenvalue weighted by Crippen LogP contribution is 2.40. The number of nitrogens with one attached hydrogen (secondary N) is 1. The van der Waals surface area contributed by atoms with Crippen LogP contribution in [0.1, 0.15) is 29.4 Å². The molecule has 2 fully saturated rings. The Balaban J connectivity index is 2.02. The molecule has 5 nitrogen and oxygen atoms in total. The van der Waals surface area contributed by atoms with Crippen LogP contribution in [0.3, 0.4) is 0 Å². The van der Waals surface area contributed by atoms with Crippen molar-refractivity contribution in [2.45, 2.75) is 31.9 Å². The van der Waals surface area contributed by atoms with Gasteiger partial charge in [0.05, 0.1) is 24.9 Å².